The van der Waals surface area contributed by atoms with Crippen molar-refractivity contribution in [2.24, 2.45) is 0 Å². The lowest BCUT2D eigenvalue weighted by molar-refractivity contribution is -0.144. The standard InChI is InChI=1S/C23H19ClF2N2O4/c24-16-5-3-15(4-6-16)23(25,26)19(29)9-2-13-1-7-17-14(11-13)12-28(22(17)32)18-8-10-20(30)27-21(18)31/h1,3-7,11,18H,2,8-10,12H2,(H,27,30,31)/i10D,18D/hD. The lowest BCUT2D eigenvalue weighted by Crippen LogP contribution is -2.52. The number of rotatable bonds is 6. The van der Waals surface area contributed by atoms with E-state index in [0.717, 1.165) is 17.0 Å². The van der Waals surface area contributed by atoms with Crippen LogP contribution in [0.25, 0.3) is 0 Å². The number of ketones is 1. The van der Waals surface area contributed by atoms with Gasteiger partial charge in [0.1, 0.15) is 6.02 Å². The molecule has 1 fully saturated rings. The molecular weight excluding hydrogens is 442 g/mol. The predicted octanol–water partition coefficient (Wildman–Crippen LogP) is 3.39. The Morgan fingerprint density at radius 3 is 2.69 bits per heavy atom. The second-order valence-corrected chi connectivity index (χ2v) is 7.93. The fourth-order valence-electron chi connectivity index (χ4n) is 3.69. The number of piperidine rings is 1. The highest BCUT2D eigenvalue weighted by Crippen LogP contribution is 2.32. The average molecular weight is 464 g/mol. The number of amides is 3. The third-order valence-electron chi connectivity index (χ3n) is 5.43. The molecule has 2 unspecified atom stereocenters. The lowest BCUT2D eigenvalue weighted by atomic mass is 9.97. The molecule has 3 amide bonds. The van der Waals surface area contributed by atoms with Gasteiger partial charge in [0, 0.05) is 36.9 Å². The third kappa shape index (κ3) is 4.14. The number of benzene rings is 2. The van der Waals surface area contributed by atoms with Crippen LogP contribution in [0.3, 0.4) is 0 Å². The minimum absolute atomic E-state index is 0.0295. The number of imide groups is 1. The molecule has 0 aliphatic carbocycles. The first-order valence-corrected chi connectivity index (χ1v) is 10.1. The van der Waals surface area contributed by atoms with E-state index in [1.54, 1.807) is 6.07 Å². The van der Waals surface area contributed by atoms with Crippen molar-refractivity contribution in [3.05, 3.63) is 69.7 Å². The SMILES string of the molecule is [2H]C1CC([2H])(N2Cc3cc(CCC(=O)C(F)(F)c4ccc(Cl)cc4)ccc3C2=O)C(=O)N([2H])C1=O. The summed E-state index contributed by atoms with van der Waals surface area (Å²) in [5.74, 6) is -7.93. The normalized spacial score (nSPS) is 24.8. The van der Waals surface area contributed by atoms with Crippen LogP contribution in [0.15, 0.2) is 42.5 Å². The van der Waals surface area contributed by atoms with Crippen LogP contribution in [-0.2, 0) is 33.3 Å². The van der Waals surface area contributed by atoms with E-state index < -0.39 is 60.2 Å². The number of nitrogens with zero attached hydrogens (tertiary/aromatic N) is 1. The van der Waals surface area contributed by atoms with Crippen LogP contribution in [-0.4, -0.2) is 34.4 Å². The van der Waals surface area contributed by atoms with Crippen molar-refractivity contribution in [3.8, 4) is 0 Å². The molecule has 2 aliphatic heterocycles. The number of fused-ring (bicyclic) bond motifs is 1. The second-order valence-electron chi connectivity index (χ2n) is 7.50. The van der Waals surface area contributed by atoms with E-state index in [2.05, 4.69) is 0 Å². The Kier molecular flexibility index (Phi) is 4.86. The Bertz CT molecular complexity index is 1240. The van der Waals surface area contributed by atoms with Gasteiger partial charge in [0.05, 0.1) is 1.37 Å². The van der Waals surface area contributed by atoms with E-state index in [1.165, 1.54) is 24.3 Å². The number of halogens is 3. The Morgan fingerprint density at radius 1 is 1.25 bits per heavy atom. The fraction of sp³-hybridized carbons (Fsp3) is 0.304. The molecule has 6 nitrogen and oxygen atoms in total. The van der Waals surface area contributed by atoms with Crippen LogP contribution < -0.4 is 5.31 Å². The Morgan fingerprint density at radius 2 is 1.97 bits per heavy atom. The topological polar surface area (TPSA) is 83.6 Å². The predicted molar refractivity (Wildman–Crippen MR) is 111 cm³/mol. The molecule has 32 heavy (non-hydrogen) atoms. The number of hydrogen-bond acceptors (Lipinski definition) is 4. The van der Waals surface area contributed by atoms with E-state index in [1.807, 2.05) is 0 Å². The number of hydrogen-bond donors (Lipinski definition) is 1. The summed E-state index contributed by atoms with van der Waals surface area (Å²) in [6.45, 7) is -0.194. The van der Waals surface area contributed by atoms with Crippen LogP contribution in [0.5, 0.6) is 0 Å². The van der Waals surface area contributed by atoms with E-state index in [-0.39, 0.29) is 28.9 Å². The molecule has 0 saturated carbocycles. The monoisotopic (exact) mass is 463 g/mol. The molecule has 9 heteroatoms. The van der Waals surface area contributed by atoms with Gasteiger partial charge in [-0.3, -0.25) is 24.5 Å². The highest BCUT2D eigenvalue weighted by Gasteiger charge is 2.41. The molecule has 4 rings (SSSR count). The van der Waals surface area contributed by atoms with Crippen molar-refractivity contribution in [3.63, 3.8) is 0 Å². The van der Waals surface area contributed by atoms with Crippen molar-refractivity contribution in [1.29, 1.82) is 0 Å². The lowest BCUT2D eigenvalue weighted by Gasteiger charge is -2.29. The summed E-state index contributed by atoms with van der Waals surface area (Å²) < 4.78 is 52.9. The Labute approximate surface area is 191 Å². The van der Waals surface area contributed by atoms with Gasteiger partial charge in [-0.15, -0.1) is 0 Å². The number of aryl methyl sites for hydroxylation is 1. The molecule has 1 saturated heterocycles. The van der Waals surface area contributed by atoms with Gasteiger partial charge in [-0.05, 0) is 42.2 Å². The van der Waals surface area contributed by atoms with Gasteiger partial charge in [0.25, 0.3) is 5.91 Å². The molecule has 1 N–H and O–H groups in total. The van der Waals surface area contributed by atoms with Gasteiger partial charge in [0.15, 0.2) is 1.41 Å². The summed E-state index contributed by atoms with van der Waals surface area (Å²) in [5, 5.41) is 0.214. The van der Waals surface area contributed by atoms with Crippen molar-refractivity contribution in [1.82, 2.24) is 10.2 Å². The van der Waals surface area contributed by atoms with E-state index in [0.29, 0.717) is 11.1 Å². The minimum Gasteiger partial charge on any atom is -0.322 e. The van der Waals surface area contributed by atoms with Gasteiger partial charge in [-0.2, -0.15) is 8.78 Å². The number of nitrogens with one attached hydrogen (secondary N) is 1. The zero-order valence-electron chi connectivity index (χ0n) is 19.6. The molecular formula is C23H19ClF2N2O4. The number of alkyl halides is 2. The van der Waals surface area contributed by atoms with Gasteiger partial charge in [-0.25, -0.2) is 0 Å². The van der Waals surface area contributed by atoms with Gasteiger partial charge in [0.2, 0.25) is 17.6 Å². The molecule has 2 atom stereocenters. The maximum absolute atomic E-state index is 14.5. The molecule has 0 aromatic heterocycles. The van der Waals surface area contributed by atoms with Gasteiger partial charge < -0.3 is 4.90 Å². The fourth-order valence-corrected chi connectivity index (χ4v) is 3.82. The molecule has 2 aliphatic rings. The maximum atomic E-state index is 14.5. The number of carbonyl (C=O) groups is 4. The summed E-state index contributed by atoms with van der Waals surface area (Å²) in [5.41, 5.74) is 0.637. The first-order chi connectivity index (χ1) is 16.4. The van der Waals surface area contributed by atoms with E-state index in [9.17, 15) is 28.0 Å². The maximum Gasteiger partial charge on any atom is 0.330 e. The first kappa shape index (κ1) is 18.4. The van der Waals surface area contributed by atoms with Crippen molar-refractivity contribution in [2.45, 2.75) is 44.1 Å². The number of carbonyl (C=O) groups excluding carboxylic acids is 4. The molecule has 0 radical (unpaired) electrons. The molecule has 166 valence electrons. The molecule has 2 aromatic rings. The zero-order valence-corrected chi connectivity index (χ0v) is 17.4. The number of Topliss-reactive ketones (excluding diaryl/α,β-unsaturated/α-hetero) is 1. The van der Waals surface area contributed by atoms with Crippen molar-refractivity contribution in [2.75, 3.05) is 0 Å². The Hall–Kier alpha value is -3.13. The smallest absolute Gasteiger partial charge is 0.322 e. The summed E-state index contributed by atoms with van der Waals surface area (Å²) in [4.78, 5) is 50.3. The van der Waals surface area contributed by atoms with Crippen molar-refractivity contribution < 1.29 is 32.1 Å². The van der Waals surface area contributed by atoms with E-state index in [4.69, 9.17) is 15.8 Å². The quantitative estimate of drug-likeness (QED) is 0.665. The third-order valence-corrected chi connectivity index (χ3v) is 5.68. The highest BCUT2D eigenvalue weighted by molar-refractivity contribution is 6.30. The van der Waals surface area contributed by atoms with Crippen LogP contribution in [0.4, 0.5) is 8.78 Å². The molecule has 0 bridgehead atoms. The van der Waals surface area contributed by atoms with Crippen LogP contribution in [0, 0.1) is 0 Å². The van der Waals surface area contributed by atoms with Crippen LogP contribution in [0.2, 0.25) is 6.43 Å². The van der Waals surface area contributed by atoms with Crippen LogP contribution in [0.1, 0.15) is 49.0 Å². The van der Waals surface area contributed by atoms with Crippen LogP contribution >= 0.6 is 11.6 Å². The summed E-state index contributed by atoms with van der Waals surface area (Å²) in [7, 11) is 0. The van der Waals surface area contributed by atoms with Crippen molar-refractivity contribution >= 4 is 35.1 Å². The molecule has 2 aromatic carbocycles. The largest absolute Gasteiger partial charge is 0.330 e. The minimum atomic E-state index is -3.70. The highest BCUT2D eigenvalue weighted by atomic mass is 35.5. The molecule has 0 spiro atoms. The molecule has 2 heterocycles. The summed E-state index contributed by atoms with van der Waals surface area (Å²) >= 11 is 5.71. The summed E-state index contributed by atoms with van der Waals surface area (Å²) in [6, 6.07) is 6.90. The summed E-state index contributed by atoms with van der Waals surface area (Å²) in [6.07, 6.45) is -2.61. The second kappa shape index (κ2) is 8.43. The first-order valence-electron chi connectivity index (χ1n) is 11.3. The average Bonchev–Trinajstić information content (AvgIpc) is 3.16. The Balaban J connectivity index is 1.49. The van der Waals surface area contributed by atoms with E-state index >= 15 is 0 Å². The van der Waals surface area contributed by atoms with Gasteiger partial charge >= 0.3 is 5.92 Å². The van der Waals surface area contributed by atoms with Gasteiger partial charge in [-0.1, -0.05) is 35.9 Å². The zero-order chi connectivity index (χ0) is 25.7.